The number of hydrogen-bond donors (Lipinski definition) is 1. The summed E-state index contributed by atoms with van der Waals surface area (Å²) < 4.78 is 25.2. The molecule has 0 saturated carbocycles. The van der Waals surface area contributed by atoms with Crippen LogP contribution in [0.5, 0.6) is 0 Å². The van der Waals surface area contributed by atoms with Gasteiger partial charge < -0.3 is 4.90 Å². The van der Waals surface area contributed by atoms with Crippen molar-refractivity contribution in [2.24, 2.45) is 0 Å². The molecular weight excluding hydrogens is 240 g/mol. The number of nitrogens with one attached hydrogen (secondary N) is 1. The fraction of sp³-hybridized carbons (Fsp3) is 0.909. The van der Waals surface area contributed by atoms with Crippen molar-refractivity contribution in [3.05, 3.63) is 0 Å². The monoisotopic (exact) mass is 262 g/mol. The van der Waals surface area contributed by atoms with E-state index in [1.165, 1.54) is 0 Å². The Morgan fingerprint density at radius 3 is 2.29 bits per heavy atom. The van der Waals surface area contributed by atoms with Crippen LogP contribution in [0.25, 0.3) is 0 Å². The molecule has 1 aliphatic heterocycles. The van der Waals surface area contributed by atoms with Gasteiger partial charge in [-0.25, -0.2) is 13.1 Å². The van der Waals surface area contributed by atoms with Crippen LogP contribution in [-0.4, -0.2) is 44.6 Å². The molecule has 0 aliphatic carbocycles. The third-order valence-electron chi connectivity index (χ3n) is 2.87. The highest BCUT2D eigenvalue weighted by Gasteiger charge is 2.17. The number of carbonyl (C=O) groups excluding carboxylic acids is 1. The molecule has 17 heavy (non-hydrogen) atoms. The Bertz CT molecular complexity index is 333. The Morgan fingerprint density at radius 2 is 1.76 bits per heavy atom. The molecule has 6 heteroatoms. The Hall–Kier alpha value is -0.620. The van der Waals surface area contributed by atoms with Gasteiger partial charge in [-0.05, 0) is 19.3 Å². The van der Waals surface area contributed by atoms with Crippen molar-refractivity contribution in [1.82, 2.24) is 9.62 Å². The number of rotatable bonds is 5. The van der Waals surface area contributed by atoms with E-state index in [0.29, 0.717) is 6.42 Å². The molecule has 1 heterocycles. The van der Waals surface area contributed by atoms with Gasteiger partial charge in [0.2, 0.25) is 15.9 Å². The quantitative estimate of drug-likeness (QED) is 0.794. The molecule has 0 aromatic heterocycles. The predicted octanol–water partition coefficient (Wildman–Crippen LogP) is 0.718. The Morgan fingerprint density at radius 1 is 1.18 bits per heavy atom. The lowest BCUT2D eigenvalue weighted by molar-refractivity contribution is -0.129. The van der Waals surface area contributed by atoms with Gasteiger partial charge in [-0.2, -0.15) is 0 Å². The van der Waals surface area contributed by atoms with Gasteiger partial charge in [0.05, 0.1) is 12.3 Å². The summed E-state index contributed by atoms with van der Waals surface area (Å²) in [5.41, 5.74) is 0. The zero-order valence-corrected chi connectivity index (χ0v) is 11.3. The van der Waals surface area contributed by atoms with E-state index in [1.54, 1.807) is 11.8 Å². The van der Waals surface area contributed by atoms with Crippen LogP contribution >= 0.6 is 0 Å². The molecule has 1 aliphatic rings. The highest BCUT2D eigenvalue weighted by molar-refractivity contribution is 7.89. The number of amides is 1. The van der Waals surface area contributed by atoms with Crippen molar-refractivity contribution in [3.8, 4) is 0 Å². The summed E-state index contributed by atoms with van der Waals surface area (Å²) in [5.74, 6) is -0.0214. The van der Waals surface area contributed by atoms with Crippen LogP contribution in [-0.2, 0) is 14.8 Å². The molecule has 0 unspecified atom stereocenters. The van der Waals surface area contributed by atoms with Crippen molar-refractivity contribution in [3.63, 3.8) is 0 Å². The number of nitrogens with zero attached hydrogens (tertiary/aromatic N) is 1. The van der Waals surface area contributed by atoms with Gasteiger partial charge >= 0.3 is 0 Å². The first-order valence-electron chi connectivity index (χ1n) is 6.30. The molecule has 0 bridgehead atoms. The summed E-state index contributed by atoms with van der Waals surface area (Å²) in [6.45, 7) is 3.22. The van der Waals surface area contributed by atoms with Gasteiger partial charge in [-0.3, -0.25) is 4.79 Å². The fourth-order valence-corrected chi connectivity index (χ4v) is 2.97. The lowest BCUT2D eigenvalue weighted by Gasteiger charge is -2.20. The highest BCUT2D eigenvalue weighted by Crippen LogP contribution is 2.09. The maximum atomic E-state index is 11.8. The summed E-state index contributed by atoms with van der Waals surface area (Å²) in [6, 6.07) is 0. The van der Waals surface area contributed by atoms with E-state index in [2.05, 4.69) is 4.72 Å². The Kier molecular flexibility index (Phi) is 5.91. The van der Waals surface area contributed by atoms with Gasteiger partial charge in [0, 0.05) is 13.1 Å². The van der Waals surface area contributed by atoms with Crippen molar-refractivity contribution in [2.45, 2.75) is 39.0 Å². The molecule has 5 nitrogen and oxygen atoms in total. The van der Waals surface area contributed by atoms with Crippen LogP contribution in [0.15, 0.2) is 0 Å². The zero-order chi connectivity index (χ0) is 12.7. The van der Waals surface area contributed by atoms with E-state index in [1.807, 2.05) is 0 Å². The first-order valence-corrected chi connectivity index (χ1v) is 7.95. The van der Waals surface area contributed by atoms with Crippen LogP contribution in [0.2, 0.25) is 0 Å². The molecule has 1 amide bonds. The molecule has 0 atom stereocenters. The molecule has 1 fully saturated rings. The van der Waals surface area contributed by atoms with E-state index in [9.17, 15) is 13.2 Å². The smallest absolute Gasteiger partial charge is 0.237 e. The van der Waals surface area contributed by atoms with Crippen LogP contribution in [0.3, 0.4) is 0 Å². The molecule has 1 N–H and O–H groups in total. The minimum atomic E-state index is -3.27. The molecule has 1 saturated heterocycles. The second-order valence-electron chi connectivity index (χ2n) is 4.43. The molecule has 0 radical (unpaired) electrons. The van der Waals surface area contributed by atoms with E-state index in [-0.39, 0.29) is 18.2 Å². The summed E-state index contributed by atoms with van der Waals surface area (Å²) in [5, 5.41) is 0. The van der Waals surface area contributed by atoms with Crippen LogP contribution in [0.4, 0.5) is 0 Å². The summed E-state index contributed by atoms with van der Waals surface area (Å²) in [6.07, 6.45) is 4.92. The van der Waals surface area contributed by atoms with E-state index in [0.717, 1.165) is 38.8 Å². The summed E-state index contributed by atoms with van der Waals surface area (Å²) >= 11 is 0. The summed E-state index contributed by atoms with van der Waals surface area (Å²) in [7, 11) is -3.27. The molecule has 1 rings (SSSR count). The fourth-order valence-electron chi connectivity index (χ4n) is 1.94. The van der Waals surface area contributed by atoms with Crippen molar-refractivity contribution in [2.75, 3.05) is 25.4 Å². The standard InChI is InChI=1S/C11H22N2O3S/c1-2-9-17(15,16)12-10-11(14)13-7-5-3-4-6-8-13/h12H,2-10H2,1H3. The van der Waals surface area contributed by atoms with Gasteiger partial charge in [-0.1, -0.05) is 19.8 Å². The first kappa shape index (κ1) is 14.4. The number of likely N-dealkylation sites (tertiary alicyclic amines) is 1. The minimum absolute atomic E-state index is 0.0836. The first-order chi connectivity index (χ1) is 8.05. The van der Waals surface area contributed by atoms with Crippen LogP contribution in [0.1, 0.15) is 39.0 Å². The minimum Gasteiger partial charge on any atom is -0.342 e. The maximum absolute atomic E-state index is 11.8. The normalized spacial score (nSPS) is 17.8. The molecule has 0 aromatic rings. The molecule has 0 aromatic carbocycles. The predicted molar refractivity (Wildman–Crippen MR) is 67.1 cm³/mol. The van der Waals surface area contributed by atoms with Crippen molar-refractivity contribution in [1.29, 1.82) is 0 Å². The van der Waals surface area contributed by atoms with Crippen LogP contribution in [0, 0.1) is 0 Å². The van der Waals surface area contributed by atoms with Crippen LogP contribution < -0.4 is 4.72 Å². The topological polar surface area (TPSA) is 66.5 Å². The third-order valence-corrected chi connectivity index (χ3v) is 4.40. The number of hydrogen-bond acceptors (Lipinski definition) is 3. The largest absolute Gasteiger partial charge is 0.342 e. The highest BCUT2D eigenvalue weighted by atomic mass is 32.2. The van der Waals surface area contributed by atoms with Gasteiger partial charge in [-0.15, -0.1) is 0 Å². The Balaban J connectivity index is 2.38. The number of sulfonamides is 1. The van der Waals surface area contributed by atoms with Crippen molar-refractivity contribution < 1.29 is 13.2 Å². The van der Waals surface area contributed by atoms with Crippen molar-refractivity contribution >= 4 is 15.9 Å². The third kappa shape index (κ3) is 5.50. The second-order valence-corrected chi connectivity index (χ2v) is 6.36. The van der Waals surface area contributed by atoms with Gasteiger partial charge in [0.1, 0.15) is 0 Å². The van der Waals surface area contributed by atoms with E-state index >= 15 is 0 Å². The Labute approximate surface area is 104 Å². The average molecular weight is 262 g/mol. The van der Waals surface area contributed by atoms with Gasteiger partial charge in [0.15, 0.2) is 0 Å². The second kappa shape index (κ2) is 6.96. The lowest BCUT2D eigenvalue weighted by atomic mass is 10.2. The molecular formula is C11H22N2O3S. The number of carbonyl (C=O) groups is 1. The SMILES string of the molecule is CCCS(=O)(=O)NCC(=O)N1CCCCCC1. The molecule has 0 spiro atoms. The maximum Gasteiger partial charge on any atom is 0.237 e. The summed E-state index contributed by atoms with van der Waals surface area (Å²) in [4.78, 5) is 13.6. The van der Waals surface area contributed by atoms with Gasteiger partial charge in [0.25, 0.3) is 0 Å². The average Bonchev–Trinajstić information content (AvgIpc) is 2.54. The molecule has 100 valence electrons. The zero-order valence-electron chi connectivity index (χ0n) is 10.4. The lowest BCUT2D eigenvalue weighted by Crippen LogP contribution is -2.41. The van der Waals surface area contributed by atoms with E-state index in [4.69, 9.17) is 0 Å². The van der Waals surface area contributed by atoms with E-state index < -0.39 is 10.0 Å².